The van der Waals surface area contributed by atoms with Gasteiger partial charge in [0.25, 0.3) is 0 Å². The Bertz CT molecular complexity index is 1060. The highest BCUT2D eigenvalue weighted by Crippen LogP contribution is 2.41. The molecule has 1 saturated heterocycles. The second-order valence-corrected chi connectivity index (χ2v) is 8.02. The number of cyclic esters (lactones) is 1. The van der Waals surface area contributed by atoms with Crippen LogP contribution in [-0.2, 0) is 36.4 Å². The van der Waals surface area contributed by atoms with Crippen molar-refractivity contribution < 1.29 is 49.0 Å². The molecule has 0 aromatic heterocycles. The summed E-state index contributed by atoms with van der Waals surface area (Å²) >= 11 is 0. The van der Waals surface area contributed by atoms with Gasteiger partial charge in [0.2, 0.25) is 0 Å². The minimum Gasteiger partial charge on any atom is -0.439 e. The van der Waals surface area contributed by atoms with Gasteiger partial charge in [-0.1, -0.05) is 6.07 Å². The lowest BCUT2D eigenvalue weighted by atomic mass is 9.97. The van der Waals surface area contributed by atoms with Crippen molar-refractivity contribution in [1.82, 2.24) is 10.2 Å². The van der Waals surface area contributed by atoms with E-state index < -0.39 is 65.6 Å². The van der Waals surface area contributed by atoms with Crippen molar-refractivity contribution in [3.8, 4) is 0 Å². The lowest BCUT2D eigenvalue weighted by molar-refractivity contribution is -0.143. The van der Waals surface area contributed by atoms with Crippen LogP contribution in [0.25, 0.3) is 0 Å². The van der Waals surface area contributed by atoms with E-state index in [1.54, 1.807) is 7.05 Å². The number of ether oxygens (including phenoxy) is 1. The van der Waals surface area contributed by atoms with Crippen LogP contribution in [-0.4, -0.2) is 24.1 Å². The van der Waals surface area contributed by atoms with Crippen molar-refractivity contribution in [1.29, 1.82) is 0 Å². The number of hydrogen-bond donors (Lipinski definition) is 1. The standard InChI is InChI=1S/C22H19F9N2O2/c1-11-18(13-5-16(21(26,27)28)8-17(6-13)22(29,30)31)35-19(34)33(11)10-14-7-15(20(23,24)25)4-3-12(14)9-32-2/h3-8,11,18,32H,9-10H2,1-2H3/t11-,18-/m0/s1. The Hall–Kier alpha value is -2.96. The first-order valence-corrected chi connectivity index (χ1v) is 10.1. The van der Waals surface area contributed by atoms with Gasteiger partial charge < -0.3 is 10.1 Å². The summed E-state index contributed by atoms with van der Waals surface area (Å²) in [6.07, 6.45) is -17.5. The third-order valence-electron chi connectivity index (χ3n) is 5.57. The molecule has 1 amide bonds. The first-order chi connectivity index (χ1) is 16.0. The van der Waals surface area contributed by atoms with Crippen LogP contribution in [0.2, 0.25) is 0 Å². The van der Waals surface area contributed by atoms with Crippen LogP contribution >= 0.6 is 0 Å². The molecule has 192 valence electrons. The van der Waals surface area contributed by atoms with Gasteiger partial charge in [0.15, 0.2) is 0 Å². The number of alkyl halides is 9. The highest BCUT2D eigenvalue weighted by Gasteiger charge is 2.43. The topological polar surface area (TPSA) is 41.6 Å². The summed E-state index contributed by atoms with van der Waals surface area (Å²) in [6, 6.07) is 2.73. The van der Waals surface area contributed by atoms with Crippen LogP contribution in [0.1, 0.15) is 46.4 Å². The SMILES string of the molecule is CNCc1ccc(C(F)(F)F)cc1CN1C(=O)O[C@H](c2cc(C(F)(F)F)cc(C(F)(F)F)c2)[C@@H]1C. The molecule has 1 aliphatic rings. The summed E-state index contributed by atoms with van der Waals surface area (Å²) < 4.78 is 124. The molecule has 13 heteroatoms. The zero-order valence-electron chi connectivity index (χ0n) is 18.2. The number of hydrogen-bond acceptors (Lipinski definition) is 3. The van der Waals surface area contributed by atoms with Gasteiger partial charge in [-0.2, -0.15) is 39.5 Å². The molecule has 0 radical (unpaired) electrons. The smallest absolute Gasteiger partial charge is 0.416 e. The van der Waals surface area contributed by atoms with Gasteiger partial charge in [0, 0.05) is 13.1 Å². The first kappa shape index (κ1) is 26.6. The fourth-order valence-electron chi connectivity index (χ4n) is 3.80. The molecule has 1 heterocycles. The summed E-state index contributed by atoms with van der Waals surface area (Å²) in [5.41, 5.74) is -4.13. The molecule has 0 saturated carbocycles. The molecule has 2 aromatic rings. The number of carbonyl (C=O) groups is 1. The van der Waals surface area contributed by atoms with Crippen molar-refractivity contribution in [3.05, 3.63) is 69.8 Å². The molecule has 0 spiro atoms. The Kier molecular flexibility index (Phi) is 7.04. The van der Waals surface area contributed by atoms with Gasteiger partial charge in [-0.15, -0.1) is 0 Å². The van der Waals surface area contributed by atoms with E-state index in [4.69, 9.17) is 4.74 Å². The van der Waals surface area contributed by atoms with Crippen LogP contribution in [0.5, 0.6) is 0 Å². The van der Waals surface area contributed by atoms with E-state index in [0.29, 0.717) is 17.7 Å². The Morgan fingerprint density at radius 2 is 1.37 bits per heavy atom. The highest BCUT2D eigenvalue weighted by molar-refractivity contribution is 5.71. The molecule has 1 fully saturated rings. The Morgan fingerprint density at radius 1 is 0.829 bits per heavy atom. The Labute approximate surface area is 193 Å². The number of carbonyl (C=O) groups excluding carboxylic acids is 1. The fraction of sp³-hybridized carbons (Fsp3) is 0.409. The number of benzene rings is 2. The Morgan fingerprint density at radius 3 is 1.86 bits per heavy atom. The van der Waals surface area contributed by atoms with E-state index in [0.717, 1.165) is 17.0 Å². The van der Waals surface area contributed by atoms with Gasteiger partial charge in [-0.25, -0.2) is 4.79 Å². The number of halogens is 9. The molecular weight excluding hydrogens is 495 g/mol. The molecular formula is C22H19F9N2O2. The average Bonchev–Trinajstić information content (AvgIpc) is 3.01. The first-order valence-electron chi connectivity index (χ1n) is 10.1. The molecule has 0 bridgehead atoms. The molecule has 1 N–H and O–H groups in total. The molecule has 4 nitrogen and oxygen atoms in total. The van der Waals surface area contributed by atoms with Crippen molar-refractivity contribution in [3.63, 3.8) is 0 Å². The van der Waals surface area contributed by atoms with Crippen LogP contribution in [0.4, 0.5) is 44.3 Å². The second kappa shape index (κ2) is 9.25. The lowest BCUT2D eigenvalue weighted by Crippen LogP contribution is -2.32. The van der Waals surface area contributed by atoms with Gasteiger partial charge in [-0.05, 0) is 61.0 Å². The zero-order valence-corrected chi connectivity index (χ0v) is 18.2. The third kappa shape index (κ3) is 5.82. The monoisotopic (exact) mass is 514 g/mol. The van der Waals surface area contributed by atoms with Gasteiger partial charge >= 0.3 is 24.6 Å². The van der Waals surface area contributed by atoms with Crippen molar-refractivity contribution in [2.75, 3.05) is 7.05 Å². The van der Waals surface area contributed by atoms with Crippen molar-refractivity contribution in [2.45, 2.75) is 50.7 Å². The minimum absolute atomic E-state index is 0.0463. The van der Waals surface area contributed by atoms with E-state index in [9.17, 15) is 44.3 Å². The molecule has 0 aliphatic carbocycles. The maximum Gasteiger partial charge on any atom is 0.416 e. The summed E-state index contributed by atoms with van der Waals surface area (Å²) in [5.74, 6) is 0. The van der Waals surface area contributed by atoms with Gasteiger partial charge in [0.05, 0.1) is 22.7 Å². The zero-order chi connectivity index (χ0) is 26.3. The highest BCUT2D eigenvalue weighted by atomic mass is 19.4. The van der Waals surface area contributed by atoms with E-state index in [1.165, 1.54) is 13.0 Å². The summed E-state index contributed by atoms with van der Waals surface area (Å²) in [5, 5.41) is 2.78. The average molecular weight is 514 g/mol. The van der Waals surface area contributed by atoms with Gasteiger partial charge in [-0.3, -0.25) is 4.90 Å². The van der Waals surface area contributed by atoms with E-state index in [1.807, 2.05) is 0 Å². The molecule has 1 aliphatic heterocycles. The van der Waals surface area contributed by atoms with Gasteiger partial charge in [0.1, 0.15) is 6.10 Å². The van der Waals surface area contributed by atoms with E-state index in [2.05, 4.69) is 5.32 Å². The number of amides is 1. The summed E-state index contributed by atoms with van der Waals surface area (Å²) in [6.45, 7) is 1.08. The largest absolute Gasteiger partial charge is 0.439 e. The number of nitrogens with zero attached hydrogens (tertiary/aromatic N) is 1. The predicted octanol–water partition coefficient (Wildman–Crippen LogP) is 6.54. The predicted molar refractivity (Wildman–Crippen MR) is 105 cm³/mol. The van der Waals surface area contributed by atoms with Crippen molar-refractivity contribution >= 4 is 6.09 Å². The van der Waals surface area contributed by atoms with Crippen LogP contribution < -0.4 is 5.32 Å². The normalized spacial score (nSPS) is 19.3. The second-order valence-electron chi connectivity index (χ2n) is 8.02. The summed E-state index contributed by atoms with van der Waals surface area (Å²) in [7, 11) is 1.55. The van der Waals surface area contributed by atoms with E-state index in [-0.39, 0.29) is 18.2 Å². The maximum atomic E-state index is 13.2. The molecule has 3 rings (SSSR count). The molecule has 0 unspecified atom stereocenters. The third-order valence-corrected chi connectivity index (χ3v) is 5.57. The van der Waals surface area contributed by atoms with Crippen LogP contribution in [0, 0.1) is 0 Å². The fourth-order valence-corrected chi connectivity index (χ4v) is 3.80. The molecule has 2 atom stereocenters. The maximum absolute atomic E-state index is 13.2. The lowest BCUT2D eigenvalue weighted by Gasteiger charge is -2.24. The molecule has 35 heavy (non-hydrogen) atoms. The number of nitrogens with one attached hydrogen (secondary N) is 1. The van der Waals surface area contributed by atoms with Crippen molar-refractivity contribution in [2.24, 2.45) is 0 Å². The quantitative estimate of drug-likeness (QED) is 0.461. The van der Waals surface area contributed by atoms with Crippen LogP contribution in [0.15, 0.2) is 36.4 Å². The minimum atomic E-state index is -5.10. The Balaban J connectivity index is 1.98. The number of rotatable bonds is 5. The molecule has 2 aromatic carbocycles. The van der Waals surface area contributed by atoms with E-state index >= 15 is 0 Å². The summed E-state index contributed by atoms with van der Waals surface area (Å²) in [4.78, 5) is 13.5. The van der Waals surface area contributed by atoms with Crippen LogP contribution in [0.3, 0.4) is 0 Å².